The lowest BCUT2D eigenvalue weighted by Crippen LogP contribution is -2.55. The van der Waals surface area contributed by atoms with E-state index in [1.54, 1.807) is 43.0 Å². The fraction of sp³-hybridized carbons (Fsp3) is 0.324. The molecule has 11 heteroatoms. The van der Waals surface area contributed by atoms with Gasteiger partial charge < -0.3 is 19.7 Å². The summed E-state index contributed by atoms with van der Waals surface area (Å²) in [5, 5.41) is 19.8. The number of carbonyl (C=O) groups is 2. The highest BCUT2D eigenvalue weighted by atomic mass is 35.5. The van der Waals surface area contributed by atoms with E-state index in [1.807, 2.05) is 62.4 Å². The zero-order valence-electron chi connectivity index (χ0n) is 27.3. The van der Waals surface area contributed by atoms with Crippen LogP contribution < -0.4 is 15.6 Å². The van der Waals surface area contributed by atoms with Gasteiger partial charge >= 0.3 is 5.56 Å². The number of rotatable bonds is 11. The maximum Gasteiger partial charge on any atom is 0.307 e. The number of carbonyl (C=O) groups excluding carboxylic acids is 2. The molecule has 0 saturated carbocycles. The summed E-state index contributed by atoms with van der Waals surface area (Å²) >= 11 is 6.35. The van der Waals surface area contributed by atoms with Crippen molar-refractivity contribution >= 4 is 23.4 Å². The number of nitrogens with one attached hydrogen (secondary N) is 2. The van der Waals surface area contributed by atoms with Crippen LogP contribution in [0.5, 0.6) is 11.5 Å². The Kier molecular flexibility index (Phi) is 10.6. The number of hydrogen-bond donors (Lipinski definition) is 2. The molecule has 5 rings (SSSR count). The van der Waals surface area contributed by atoms with E-state index in [9.17, 15) is 19.6 Å². The number of amides is 2. The fourth-order valence-electron chi connectivity index (χ4n) is 5.99. The SMILES string of the molecule is Cc1cc(Oc2ccc(C(=O)N[C@H](COCc3ccccc3)C(=O)N3[C@H](c4cccc(Cl)c4)CC[C@@H]3C(C)(C)C#N)cc2C)c(=O)[nH]n1. The third kappa shape index (κ3) is 7.93. The van der Waals surface area contributed by atoms with Crippen molar-refractivity contribution < 1.29 is 19.1 Å². The van der Waals surface area contributed by atoms with Crippen molar-refractivity contribution in [2.75, 3.05) is 6.61 Å². The Balaban J connectivity index is 1.43. The zero-order valence-corrected chi connectivity index (χ0v) is 28.1. The van der Waals surface area contributed by atoms with Gasteiger partial charge in [-0.1, -0.05) is 54.1 Å². The minimum Gasteiger partial charge on any atom is -0.451 e. The third-order valence-corrected chi connectivity index (χ3v) is 8.78. The minimum atomic E-state index is -1.06. The number of benzene rings is 3. The molecule has 3 atom stereocenters. The van der Waals surface area contributed by atoms with Crippen LogP contribution in [0.25, 0.3) is 0 Å². The van der Waals surface area contributed by atoms with Crippen LogP contribution in [0.1, 0.15) is 65.5 Å². The quantitative estimate of drug-likeness (QED) is 0.188. The standard InChI is InChI=1S/C37H38ClN5O5/c1-23-17-27(13-15-31(23)48-32-18-24(2)41-42-35(32)45)34(44)40-29(21-47-20-25-9-6-5-7-10-25)36(46)43-30(26-11-8-12-28(38)19-26)14-16-33(43)37(3,4)22-39/h5-13,15,17-19,29-30,33H,14,16,20-21H2,1-4H3,(H,40,44)(H,42,45)/t29-,30+,33-/m1/s1. The van der Waals surface area contributed by atoms with E-state index >= 15 is 0 Å². The van der Waals surface area contributed by atoms with Crippen LogP contribution in [0.4, 0.5) is 0 Å². The molecule has 0 radical (unpaired) electrons. The topological polar surface area (TPSA) is 137 Å². The van der Waals surface area contributed by atoms with E-state index in [1.165, 1.54) is 6.07 Å². The molecular weight excluding hydrogens is 630 g/mol. The second-order valence-electron chi connectivity index (χ2n) is 12.6. The summed E-state index contributed by atoms with van der Waals surface area (Å²) in [5.74, 6) is -0.363. The van der Waals surface area contributed by atoms with Crippen LogP contribution in [0.15, 0.2) is 83.7 Å². The van der Waals surface area contributed by atoms with Gasteiger partial charge in [-0.15, -0.1) is 0 Å². The Morgan fingerprint density at radius 2 is 1.83 bits per heavy atom. The number of H-pyrrole nitrogens is 1. The molecule has 1 aliphatic heterocycles. The van der Waals surface area contributed by atoms with Crippen LogP contribution in [0.2, 0.25) is 5.02 Å². The van der Waals surface area contributed by atoms with Gasteiger partial charge in [0.15, 0.2) is 5.75 Å². The van der Waals surface area contributed by atoms with E-state index in [4.69, 9.17) is 21.1 Å². The number of nitrogens with zero attached hydrogens (tertiary/aromatic N) is 3. The first-order valence-electron chi connectivity index (χ1n) is 15.7. The number of ether oxygens (including phenoxy) is 2. The Morgan fingerprint density at radius 3 is 2.54 bits per heavy atom. The van der Waals surface area contributed by atoms with Gasteiger partial charge in [-0.2, -0.15) is 10.4 Å². The molecule has 1 aromatic heterocycles. The molecule has 1 aliphatic rings. The van der Waals surface area contributed by atoms with Gasteiger partial charge in [-0.05, 0) is 87.6 Å². The summed E-state index contributed by atoms with van der Waals surface area (Å²) in [6.45, 7) is 7.28. The molecular formula is C37H38ClN5O5. The molecule has 2 amide bonds. The van der Waals surface area contributed by atoms with Gasteiger partial charge in [0.2, 0.25) is 5.91 Å². The first-order chi connectivity index (χ1) is 23.0. The van der Waals surface area contributed by atoms with Crippen molar-refractivity contribution in [1.82, 2.24) is 20.4 Å². The minimum absolute atomic E-state index is 0.0822. The molecule has 1 fully saturated rings. The van der Waals surface area contributed by atoms with Crippen LogP contribution in [-0.2, 0) is 16.1 Å². The lowest BCUT2D eigenvalue weighted by atomic mass is 9.84. The van der Waals surface area contributed by atoms with Crippen molar-refractivity contribution in [2.45, 2.75) is 65.3 Å². The third-order valence-electron chi connectivity index (χ3n) is 8.55. The average Bonchev–Trinajstić information content (AvgIpc) is 3.53. The van der Waals surface area contributed by atoms with Gasteiger partial charge in [0.1, 0.15) is 11.8 Å². The van der Waals surface area contributed by atoms with Crippen LogP contribution in [0, 0.1) is 30.6 Å². The maximum absolute atomic E-state index is 14.6. The fourth-order valence-corrected chi connectivity index (χ4v) is 6.19. The predicted octanol–water partition coefficient (Wildman–Crippen LogP) is 6.43. The predicted molar refractivity (Wildman–Crippen MR) is 182 cm³/mol. The molecule has 10 nitrogen and oxygen atoms in total. The molecule has 0 spiro atoms. The van der Waals surface area contributed by atoms with Gasteiger partial charge in [-0.25, -0.2) is 5.10 Å². The van der Waals surface area contributed by atoms with Crippen molar-refractivity contribution in [2.24, 2.45) is 5.41 Å². The first-order valence-corrected chi connectivity index (χ1v) is 16.1. The van der Waals surface area contributed by atoms with Crippen LogP contribution >= 0.6 is 11.6 Å². The number of nitriles is 1. The molecule has 0 aliphatic carbocycles. The Labute approximate surface area is 284 Å². The van der Waals surface area contributed by atoms with Gasteiger partial charge in [0.05, 0.1) is 42.5 Å². The molecule has 0 bridgehead atoms. The van der Waals surface area contributed by atoms with E-state index < -0.39 is 29.0 Å². The highest BCUT2D eigenvalue weighted by Gasteiger charge is 2.47. The number of aromatic amines is 1. The molecule has 0 unspecified atom stereocenters. The maximum atomic E-state index is 14.6. The summed E-state index contributed by atoms with van der Waals surface area (Å²) in [6, 6.07) is 23.8. The summed E-state index contributed by atoms with van der Waals surface area (Å²) < 4.78 is 11.9. The molecule has 2 heterocycles. The monoisotopic (exact) mass is 667 g/mol. The number of aryl methyl sites for hydroxylation is 2. The molecule has 4 aromatic rings. The first kappa shape index (κ1) is 34.4. The van der Waals surface area contributed by atoms with E-state index in [0.29, 0.717) is 40.4 Å². The second-order valence-corrected chi connectivity index (χ2v) is 13.0. The van der Waals surface area contributed by atoms with Crippen molar-refractivity contribution in [3.8, 4) is 17.6 Å². The number of hydrogen-bond acceptors (Lipinski definition) is 7. The Bertz CT molecular complexity index is 1890. The van der Waals surface area contributed by atoms with E-state index in [2.05, 4.69) is 21.6 Å². The van der Waals surface area contributed by atoms with E-state index in [0.717, 1.165) is 11.1 Å². The summed E-state index contributed by atoms with van der Waals surface area (Å²) in [7, 11) is 0. The van der Waals surface area contributed by atoms with Crippen molar-refractivity contribution in [1.29, 1.82) is 5.26 Å². The lowest BCUT2D eigenvalue weighted by molar-refractivity contribution is -0.139. The highest BCUT2D eigenvalue weighted by Crippen LogP contribution is 2.44. The number of aromatic nitrogens is 2. The smallest absolute Gasteiger partial charge is 0.307 e. The second kappa shape index (κ2) is 14.8. The highest BCUT2D eigenvalue weighted by molar-refractivity contribution is 6.30. The molecule has 1 saturated heterocycles. The zero-order chi connectivity index (χ0) is 34.4. The summed E-state index contributed by atoms with van der Waals surface area (Å²) in [4.78, 5) is 42.3. The summed E-state index contributed by atoms with van der Waals surface area (Å²) in [5.41, 5.74) is 1.93. The van der Waals surface area contributed by atoms with Gasteiger partial charge in [0.25, 0.3) is 5.91 Å². The lowest BCUT2D eigenvalue weighted by Gasteiger charge is -2.38. The van der Waals surface area contributed by atoms with E-state index in [-0.39, 0.29) is 30.9 Å². The average molecular weight is 668 g/mol. The van der Waals surface area contributed by atoms with Crippen LogP contribution in [0.3, 0.4) is 0 Å². The molecule has 48 heavy (non-hydrogen) atoms. The number of likely N-dealkylation sites (tertiary alicyclic amines) is 1. The number of halogens is 1. The van der Waals surface area contributed by atoms with Crippen molar-refractivity contribution in [3.05, 3.63) is 122 Å². The molecule has 248 valence electrons. The summed E-state index contributed by atoms with van der Waals surface area (Å²) in [6.07, 6.45) is 1.24. The Hall–Kier alpha value is -4.98. The molecule has 2 N–H and O–H groups in total. The largest absolute Gasteiger partial charge is 0.451 e. The van der Waals surface area contributed by atoms with Gasteiger partial charge in [-0.3, -0.25) is 14.4 Å². The molecule has 3 aromatic carbocycles. The van der Waals surface area contributed by atoms with Crippen molar-refractivity contribution in [3.63, 3.8) is 0 Å². The normalized spacial score (nSPS) is 16.6. The van der Waals surface area contributed by atoms with Crippen LogP contribution in [-0.4, -0.2) is 45.6 Å². The Morgan fingerprint density at radius 1 is 1.06 bits per heavy atom. The van der Waals surface area contributed by atoms with Gasteiger partial charge in [0, 0.05) is 16.7 Å².